The van der Waals surface area contributed by atoms with Gasteiger partial charge >= 0.3 is 5.97 Å². The minimum Gasteiger partial charge on any atom is -0.459 e. The van der Waals surface area contributed by atoms with Gasteiger partial charge in [0.25, 0.3) is 0 Å². The molecule has 3 heterocycles. The fourth-order valence-corrected chi connectivity index (χ4v) is 4.50. The first-order valence-corrected chi connectivity index (χ1v) is 11.7. The van der Waals surface area contributed by atoms with Gasteiger partial charge in [-0.2, -0.15) is 0 Å². The molecule has 6 heteroatoms. The van der Waals surface area contributed by atoms with E-state index in [0.29, 0.717) is 11.6 Å². The Hall–Kier alpha value is -3.25. The number of hydrogen-bond acceptors (Lipinski definition) is 6. The van der Waals surface area contributed by atoms with Crippen molar-refractivity contribution in [1.82, 2.24) is 14.9 Å². The first-order valence-electron chi connectivity index (χ1n) is 11.7. The fraction of sp³-hybridized carbons (Fsp3) is 0.370. The van der Waals surface area contributed by atoms with Gasteiger partial charge in [-0.1, -0.05) is 37.3 Å². The molecule has 1 aliphatic rings. The van der Waals surface area contributed by atoms with E-state index in [9.17, 15) is 4.79 Å². The second-order valence-electron chi connectivity index (χ2n) is 8.68. The van der Waals surface area contributed by atoms with Gasteiger partial charge in [0.05, 0.1) is 6.10 Å². The lowest BCUT2D eigenvalue weighted by molar-refractivity contribution is 0.0378. The maximum absolute atomic E-state index is 12.6. The maximum Gasteiger partial charge on any atom is 0.342 e. The zero-order chi connectivity index (χ0) is 23.2. The Labute approximate surface area is 196 Å². The second-order valence-corrected chi connectivity index (χ2v) is 8.68. The molecule has 2 aromatic heterocycles. The number of esters is 1. The van der Waals surface area contributed by atoms with Crippen LogP contribution in [-0.2, 0) is 11.3 Å². The van der Waals surface area contributed by atoms with Crippen LogP contribution in [0.15, 0.2) is 67.1 Å². The van der Waals surface area contributed by atoms with Gasteiger partial charge in [0.15, 0.2) is 0 Å². The van der Waals surface area contributed by atoms with Gasteiger partial charge in [0.2, 0.25) is 0 Å². The average molecular weight is 445 g/mol. The number of hydrogen-bond donors (Lipinski definition) is 0. The van der Waals surface area contributed by atoms with Crippen LogP contribution in [-0.4, -0.2) is 52.6 Å². The van der Waals surface area contributed by atoms with Crippen LogP contribution in [0.4, 0.5) is 5.82 Å². The molecule has 1 aliphatic heterocycles. The van der Waals surface area contributed by atoms with Crippen LogP contribution in [0.1, 0.15) is 43.1 Å². The molecule has 6 nitrogen and oxygen atoms in total. The minimum absolute atomic E-state index is 0.160. The Morgan fingerprint density at radius 2 is 1.97 bits per heavy atom. The van der Waals surface area contributed by atoms with Crippen molar-refractivity contribution in [2.45, 2.75) is 45.9 Å². The van der Waals surface area contributed by atoms with Crippen molar-refractivity contribution < 1.29 is 9.53 Å². The molecule has 1 unspecified atom stereocenters. The van der Waals surface area contributed by atoms with Crippen molar-refractivity contribution in [2.24, 2.45) is 0 Å². The Morgan fingerprint density at radius 1 is 1.15 bits per heavy atom. The largest absolute Gasteiger partial charge is 0.459 e. The number of likely N-dealkylation sites (N-methyl/N-ethyl adjacent to an activating group) is 1. The highest BCUT2D eigenvalue weighted by molar-refractivity contribution is 5.95. The van der Waals surface area contributed by atoms with E-state index in [2.05, 4.69) is 57.0 Å². The van der Waals surface area contributed by atoms with Gasteiger partial charge in [0, 0.05) is 49.8 Å². The molecule has 0 radical (unpaired) electrons. The molecule has 1 atom stereocenters. The highest BCUT2D eigenvalue weighted by Gasteiger charge is 2.30. The predicted octanol–water partition coefficient (Wildman–Crippen LogP) is 4.81. The lowest BCUT2D eigenvalue weighted by Gasteiger charge is -2.29. The van der Waals surface area contributed by atoms with E-state index in [1.165, 1.54) is 11.1 Å². The summed E-state index contributed by atoms with van der Waals surface area (Å²) in [5, 5.41) is 0. The summed E-state index contributed by atoms with van der Waals surface area (Å²) < 4.78 is 5.45. The third kappa shape index (κ3) is 5.40. The summed E-state index contributed by atoms with van der Waals surface area (Å²) in [6, 6.07) is 16.6. The third-order valence-electron chi connectivity index (χ3n) is 6.10. The highest BCUT2D eigenvalue weighted by Crippen LogP contribution is 2.28. The third-order valence-corrected chi connectivity index (χ3v) is 6.10. The average Bonchev–Trinajstić information content (AvgIpc) is 3.33. The van der Waals surface area contributed by atoms with E-state index in [4.69, 9.17) is 4.74 Å². The molecule has 1 aromatic carbocycles. The first kappa shape index (κ1) is 22.9. The van der Waals surface area contributed by atoms with E-state index in [-0.39, 0.29) is 12.1 Å². The molecule has 33 heavy (non-hydrogen) atoms. The number of carbonyl (C=O) groups excluding carboxylic acids is 1. The number of rotatable bonds is 8. The van der Waals surface area contributed by atoms with Gasteiger partial charge in [-0.15, -0.1) is 0 Å². The van der Waals surface area contributed by atoms with Crippen LogP contribution >= 0.6 is 0 Å². The molecule has 172 valence electrons. The van der Waals surface area contributed by atoms with Crippen LogP contribution in [0.25, 0.3) is 11.1 Å². The number of pyridine rings is 2. The molecule has 0 bridgehead atoms. The Bertz CT molecular complexity index is 1070. The molecule has 1 fully saturated rings. The van der Waals surface area contributed by atoms with Gasteiger partial charge in [-0.3, -0.25) is 9.88 Å². The Balaban J connectivity index is 1.51. The van der Waals surface area contributed by atoms with Gasteiger partial charge < -0.3 is 9.64 Å². The molecular weight excluding hydrogens is 412 g/mol. The van der Waals surface area contributed by atoms with E-state index in [0.717, 1.165) is 44.0 Å². The van der Waals surface area contributed by atoms with E-state index >= 15 is 0 Å². The van der Waals surface area contributed by atoms with Crippen LogP contribution in [0.5, 0.6) is 0 Å². The lowest BCUT2D eigenvalue weighted by atomic mass is 10.00. The zero-order valence-corrected chi connectivity index (χ0v) is 19.6. The number of ether oxygens (including phenoxy) is 1. The minimum atomic E-state index is -0.311. The number of benzene rings is 1. The quantitative estimate of drug-likeness (QED) is 0.465. The molecule has 1 saturated heterocycles. The van der Waals surface area contributed by atoms with E-state index in [1.807, 2.05) is 32.2 Å². The van der Waals surface area contributed by atoms with Crippen LogP contribution in [0.3, 0.4) is 0 Å². The monoisotopic (exact) mass is 444 g/mol. The van der Waals surface area contributed by atoms with Gasteiger partial charge in [0.1, 0.15) is 11.4 Å². The van der Waals surface area contributed by atoms with Crippen molar-refractivity contribution >= 4 is 11.8 Å². The zero-order valence-electron chi connectivity index (χ0n) is 19.6. The van der Waals surface area contributed by atoms with Gasteiger partial charge in [-0.25, -0.2) is 9.78 Å². The highest BCUT2D eigenvalue weighted by atomic mass is 16.5. The van der Waals surface area contributed by atoms with E-state index < -0.39 is 0 Å². The van der Waals surface area contributed by atoms with Crippen molar-refractivity contribution in [1.29, 1.82) is 0 Å². The number of carbonyl (C=O) groups is 1. The molecule has 0 aliphatic carbocycles. The molecular formula is C27H32N4O2. The summed E-state index contributed by atoms with van der Waals surface area (Å²) in [5.41, 5.74) is 4.20. The maximum atomic E-state index is 12.6. The molecule has 4 rings (SSSR count). The van der Waals surface area contributed by atoms with E-state index in [1.54, 1.807) is 18.5 Å². The standard InChI is InChI=1S/C27H32N4O2/c1-4-30(18-22-9-5-6-11-24(22)21-10-7-14-28-17-21)23-13-16-31(19-23)26-25(12-8-15-29-26)27(32)33-20(2)3/h5-12,14-15,17,20,23H,4,13,16,18-19H2,1-3H3. The van der Waals surface area contributed by atoms with Crippen molar-refractivity contribution in [3.05, 3.63) is 78.2 Å². The predicted molar refractivity (Wildman–Crippen MR) is 131 cm³/mol. The molecule has 0 N–H and O–H groups in total. The number of aromatic nitrogens is 2. The molecule has 0 spiro atoms. The first-order chi connectivity index (χ1) is 16.1. The van der Waals surface area contributed by atoms with Crippen molar-refractivity contribution in [3.8, 4) is 11.1 Å². The van der Waals surface area contributed by atoms with Crippen LogP contribution in [0, 0.1) is 0 Å². The molecule has 0 saturated carbocycles. The summed E-state index contributed by atoms with van der Waals surface area (Å²) in [4.78, 5) is 26.2. The number of anilines is 1. The lowest BCUT2D eigenvalue weighted by Crippen LogP contribution is -2.37. The smallest absolute Gasteiger partial charge is 0.342 e. The summed E-state index contributed by atoms with van der Waals surface area (Å²) in [6.07, 6.45) is 6.34. The second kappa shape index (κ2) is 10.6. The molecule has 0 amide bonds. The van der Waals surface area contributed by atoms with Crippen molar-refractivity contribution in [2.75, 3.05) is 24.5 Å². The van der Waals surface area contributed by atoms with Crippen molar-refractivity contribution in [3.63, 3.8) is 0 Å². The summed E-state index contributed by atoms with van der Waals surface area (Å²) in [7, 11) is 0. The Morgan fingerprint density at radius 3 is 2.73 bits per heavy atom. The van der Waals surface area contributed by atoms with Crippen LogP contribution in [0.2, 0.25) is 0 Å². The SMILES string of the molecule is CCN(Cc1ccccc1-c1cccnc1)C1CCN(c2ncccc2C(=O)OC(C)C)C1. The normalized spacial score (nSPS) is 15.9. The van der Waals surface area contributed by atoms with Crippen LogP contribution < -0.4 is 4.90 Å². The summed E-state index contributed by atoms with van der Waals surface area (Å²) in [6.45, 7) is 9.45. The topological polar surface area (TPSA) is 58.6 Å². The number of nitrogens with zero attached hydrogens (tertiary/aromatic N) is 4. The molecule has 3 aromatic rings. The summed E-state index contributed by atoms with van der Waals surface area (Å²) in [5.74, 6) is 0.409. The fourth-order valence-electron chi connectivity index (χ4n) is 4.50. The van der Waals surface area contributed by atoms with Gasteiger partial charge in [-0.05, 0) is 56.1 Å². The summed E-state index contributed by atoms with van der Waals surface area (Å²) >= 11 is 0. The Kier molecular flexibility index (Phi) is 7.35.